The average molecular weight is 419 g/mol. The maximum absolute atomic E-state index is 12.8. The van der Waals surface area contributed by atoms with Gasteiger partial charge in [0, 0.05) is 30.3 Å². The Kier molecular flexibility index (Phi) is 4.28. The number of hydrogen-bond donors (Lipinski definition) is 1. The van der Waals surface area contributed by atoms with Crippen LogP contribution in [0.25, 0.3) is 17.0 Å². The third kappa shape index (κ3) is 3.12. The quantitative estimate of drug-likeness (QED) is 0.495. The van der Waals surface area contributed by atoms with E-state index in [1.165, 1.54) is 16.5 Å². The Morgan fingerprint density at radius 2 is 2.03 bits per heavy atom. The number of carbonyl (C=O) groups excluding carboxylic acids is 4. The number of nitrogens with zero attached hydrogens (tertiary/aromatic N) is 4. The smallest absolute Gasteiger partial charge is 0.339 e. The number of imide groups is 1. The molecule has 0 radical (unpaired) electrons. The van der Waals surface area contributed by atoms with Gasteiger partial charge in [0.05, 0.1) is 12.7 Å². The largest absolute Gasteiger partial charge is 0.465 e. The Morgan fingerprint density at radius 3 is 2.81 bits per heavy atom. The molecule has 0 aliphatic carbocycles. The summed E-state index contributed by atoms with van der Waals surface area (Å²) in [6.45, 7) is 0.272. The minimum atomic E-state index is -0.661. The summed E-state index contributed by atoms with van der Waals surface area (Å²) in [6, 6.07) is 7.90. The van der Waals surface area contributed by atoms with E-state index in [0.717, 1.165) is 5.56 Å². The fourth-order valence-corrected chi connectivity index (χ4v) is 3.96. The van der Waals surface area contributed by atoms with E-state index in [1.807, 2.05) is 6.07 Å². The van der Waals surface area contributed by atoms with Gasteiger partial charge in [-0.2, -0.15) is 0 Å². The molecule has 2 aliphatic heterocycles. The summed E-state index contributed by atoms with van der Waals surface area (Å²) < 4.78 is 6.22. The van der Waals surface area contributed by atoms with Crippen LogP contribution in [-0.2, 0) is 20.9 Å². The summed E-state index contributed by atoms with van der Waals surface area (Å²) in [4.78, 5) is 54.1. The zero-order valence-electron chi connectivity index (χ0n) is 16.5. The van der Waals surface area contributed by atoms with E-state index in [-0.39, 0.29) is 24.8 Å². The minimum absolute atomic E-state index is 0.209. The van der Waals surface area contributed by atoms with Gasteiger partial charge in [-0.05, 0) is 36.2 Å². The molecule has 1 N–H and O–H groups in total. The zero-order chi connectivity index (χ0) is 21.7. The number of benzene rings is 1. The Labute approximate surface area is 175 Å². The summed E-state index contributed by atoms with van der Waals surface area (Å²) in [5.41, 5.74) is 2.90. The minimum Gasteiger partial charge on any atom is -0.465 e. The number of amides is 3. The average Bonchev–Trinajstić information content (AvgIpc) is 3.33. The van der Waals surface area contributed by atoms with Crippen molar-refractivity contribution in [2.45, 2.75) is 25.4 Å². The second-order valence-corrected chi connectivity index (χ2v) is 7.42. The Balaban J connectivity index is 1.44. The molecule has 31 heavy (non-hydrogen) atoms. The van der Waals surface area contributed by atoms with Crippen molar-refractivity contribution in [1.82, 2.24) is 24.8 Å². The summed E-state index contributed by atoms with van der Waals surface area (Å²) >= 11 is 0. The zero-order valence-corrected chi connectivity index (χ0v) is 16.5. The molecule has 0 bridgehead atoms. The molecule has 2 aliphatic rings. The Hall–Kier alpha value is -4.08. The van der Waals surface area contributed by atoms with Gasteiger partial charge in [0.2, 0.25) is 11.8 Å². The van der Waals surface area contributed by atoms with Crippen LogP contribution in [0.4, 0.5) is 0 Å². The third-order valence-electron chi connectivity index (χ3n) is 5.53. The van der Waals surface area contributed by atoms with E-state index in [9.17, 15) is 19.2 Å². The van der Waals surface area contributed by atoms with E-state index in [1.54, 1.807) is 30.5 Å². The van der Waals surface area contributed by atoms with Crippen molar-refractivity contribution in [2.24, 2.45) is 0 Å². The number of piperidine rings is 1. The van der Waals surface area contributed by atoms with Crippen LogP contribution in [0.15, 0.2) is 36.5 Å². The van der Waals surface area contributed by atoms with Gasteiger partial charge in [-0.1, -0.05) is 6.07 Å². The van der Waals surface area contributed by atoms with Crippen molar-refractivity contribution < 1.29 is 23.9 Å². The monoisotopic (exact) mass is 419 g/mol. The standard InChI is InChI=1S/C21H17N5O5/c1-31-21(30)12-3-6-16-22-18(24-26(16)10-12)11-2-4-14-13(8-11)9-25(20(14)29)15-5-7-17(27)23-19(15)28/h2-4,6,8,10,15H,5,7,9H2,1H3,(H,23,27,28). The number of rotatable bonds is 3. The van der Waals surface area contributed by atoms with Gasteiger partial charge in [0.15, 0.2) is 11.5 Å². The van der Waals surface area contributed by atoms with Crippen LogP contribution in [0.5, 0.6) is 0 Å². The van der Waals surface area contributed by atoms with Crippen LogP contribution in [0.1, 0.15) is 39.1 Å². The summed E-state index contributed by atoms with van der Waals surface area (Å²) in [7, 11) is 1.31. The van der Waals surface area contributed by atoms with Crippen molar-refractivity contribution >= 4 is 29.3 Å². The number of aromatic nitrogens is 3. The first-order valence-electron chi connectivity index (χ1n) is 9.67. The van der Waals surface area contributed by atoms with Gasteiger partial charge in [-0.25, -0.2) is 14.3 Å². The molecule has 1 unspecified atom stereocenters. The van der Waals surface area contributed by atoms with Crippen LogP contribution in [0.3, 0.4) is 0 Å². The van der Waals surface area contributed by atoms with Gasteiger partial charge in [-0.15, -0.1) is 5.10 Å². The first-order chi connectivity index (χ1) is 14.9. The van der Waals surface area contributed by atoms with Crippen molar-refractivity contribution in [3.8, 4) is 11.4 Å². The van der Waals surface area contributed by atoms with Crippen LogP contribution in [-0.4, -0.2) is 56.3 Å². The first kappa shape index (κ1) is 18.9. The number of methoxy groups -OCH3 is 1. The number of carbonyl (C=O) groups is 4. The molecule has 3 aromatic rings. The Bertz CT molecular complexity index is 1280. The highest BCUT2D eigenvalue weighted by Gasteiger charge is 2.39. The summed E-state index contributed by atoms with van der Waals surface area (Å²) in [5, 5.41) is 6.73. The second-order valence-electron chi connectivity index (χ2n) is 7.42. The van der Waals surface area contributed by atoms with Gasteiger partial charge >= 0.3 is 5.97 Å². The van der Waals surface area contributed by atoms with Gasteiger partial charge in [0.1, 0.15) is 6.04 Å². The molecule has 1 fully saturated rings. The molecular weight excluding hydrogens is 402 g/mol. The number of fused-ring (bicyclic) bond motifs is 2. The molecular formula is C21H17N5O5. The van der Waals surface area contributed by atoms with Gasteiger partial charge in [0.25, 0.3) is 5.91 Å². The fraction of sp³-hybridized carbons (Fsp3) is 0.238. The molecule has 1 saturated heterocycles. The highest BCUT2D eigenvalue weighted by molar-refractivity contribution is 6.05. The van der Waals surface area contributed by atoms with Crippen molar-refractivity contribution in [3.63, 3.8) is 0 Å². The van der Waals surface area contributed by atoms with Crippen LogP contribution < -0.4 is 5.32 Å². The predicted octanol–water partition coefficient (Wildman–Crippen LogP) is 0.944. The highest BCUT2D eigenvalue weighted by Crippen LogP contribution is 2.30. The van der Waals surface area contributed by atoms with Gasteiger partial charge in [-0.3, -0.25) is 19.7 Å². The van der Waals surface area contributed by atoms with E-state index in [2.05, 4.69) is 15.4 Å². The lowest BCUT2D eigenvalue weighted by atomic mass is 10.0. The van der Waals surface area contributed by atoms with Crippen LogP contribution in [0.2, 0.25) is 0 Å². The lowest BCUT2D eigenvalue weighted by Crippen LogP contribution is -2.52. The van der Waals surface area contributed by atoms with Crippen LogP contribution >= 0.6 is 0 Å². The maximum Gasteiger partial charge on any atom is 0.339 e. The summed E-state index contributed by atoms with van der Waals surface area (Å²) in [5.74, 6) is -1.02. The van der Waals surface area contributed by atoms with E-state index in [0.29, 0.717) is 34.6 Å². The molecule has 4 heterocycles. The molecule has 1 atom stereocenters. The number of nitrogens with one attached hydrogen (secondary N) is 1. The second kappa shape index (κ2) is 7.01. The van der Waals surface area contributed by atoms with Crippen LogP contribution in [0, 0.1) is 0 Å². The lowest BCUT2D eigenvalue weighted by Gasteiger charge is -2.29. The van der Waals surface area contributed by atoms with Gasteiger partial charge < -0.3 is 9.64 Å². The van der Waals surface area contributed by atoms with Crippen molar-refractivity contribution in [3.05, 3.63) is 53.2 Å². The predicted molar refractivity (Wildman–Crippen MR) is 106 cm³/mol. The lowest BCUT2D eigenvalue weighted by molar-refractivity contribution is -0.136. The van der Waals surface area contributed by atoms with Crippen molar-refractivity contribution in [1.29, 1.82) is 0 Å². The number of hydrogen-bond acceptors (Lipinski definition) is 7. The molecule has 1 aromatic carbocycles. The number of pyridine rings is 1. The molecule has 5 rings (SSSR count). The number of ether oxygens (including phenoxy) is 1. The first-order valence-corrected chi connectivity index (χ1v) is 9.67. The Morgan fingerprint density at radius 1 is 1.19 bits per heavy atom. The fourth-order valence-electron chi connectivity index (χ4n) is 3.96. The number of esters is 1. The maximum atomic E-state index is 12.8. The normalized spacial score (nSPS) is 18.3. The molecule has 10 heteroatoms. The van der Waals surface area contributed by atoms with E-state index < -0.39 is 17.9 Å². The third-order valence-corrected chi connectivity index (χ3v) is 5.53. The summed E-state index contributed by atoms with van der Waals surface area (Å²) in [6.07, 6.45) is 2.06. The molecule has 0 saturated carbocycles. The molecule has 2 aromatic heterocycles. The van der Waals surface area contributed by atoms with E-state index in [4.69, 9.17) is 4.74 Å². The SMILES string of the molecule is COC(=O)c1ccc2nc(-c3ccc4c(c3)CN(C3CCC(=O)NC3=O)C4=O)nn2c1. The van der Waals surface area contributed by atoms with E-state index >= 15 is 0 Å². The van der Waals surface area contributed by atoms with Crippen molar-refractivity contribution in [2.75, 3.05) is 7.11 Å². The molecule has 156 valence electrons. The molecule has 0 spiro atoms. The highest BCUT2D eigenvalue weighted by atomic mass is 16.5. The topological polar surface area (TPSA) is 123 Å². The molecule has 3 amide bonds. The molecule has 10 nitrogen and oxygen atoms in total.